The molecule has 0 saturated carbocycles. The Labute approximate surface area is 149 Å². The van der Waals surface area contributed by atoms with E-state index in [9.17, 15) is 0 Å². The lowest BCUT2D eigenvalue weighted by molar-refractivity contribution is 0.0520. The van der Waals surface area contributed by atoms with Gasteiger partial charge in [0, 0.05) is 18.7 Å². The van der Waals surface area contributed by atoms with Gasteiger partial charge < -0.3 is 18.9 Å². The first-order valence-corrected chi connectivity index (χ1v) is 8.88. The van der Waals surface area contributed by atoms with Crippen LogP contribution < -0.4 is 4.74 Å². The van der Waals surface area contributed by atoms with Crippen LogP contribution in [0.4, 0.5) is 0 Å². The largest absolute Gasteiger partial charge is 0.492 e. The summed E-state index contributed by atoms with van der Waals surface area (Å²) in [6, 6.07) is 7.78. The Kier molecular flexibility index (Phi) is 5.71. The first kappa shape index (κ1) is 17.9. The van der Waals surface area contributed by atoms with Gasteiger partial charge in [-0.25, -0.2) is 0 Å². The molecular weight excluding hydrogens is 318 g/mol. The van der Waals surface area contributed by atoms with Gasteiger partial charge in [0.25, 0.3) is 5.89 Å². The molecule has 6 nitrogen and oxygen atoms in total. The predicted molar refractivity (Wildman–Crippen MR) is 95.4 cm³/mol. The van der Waals surface area contributed by atoms with Gasteiger partial charge in [-0.15, -0.1) is 0 Å². The fourth-order valence-electron chi connectivity index (χ4n) is 3.06. The van der Waals surface area contributed by atoms with Crippen LogP contribution in [0.1, 0.15) is 32.3 Å². The second-order valence-corrected chi connectivity index (χ2v) is 7.12. The van der Waals surface area contributed by atoms with E-state index in [2.05, 4.69) is 28.9 Å². The van der Waals surface area contributed by atoms with E-state index in [1.165, 1.54) is 0 Å². The van der Waals surface area contributed by atoms with Crippen LogP contribution >= 0.6 is 0 Å². The van der Waals surface area contributed by atoms with Gasteiger partial charge >= 0.3 is 0 Å². The summed E-state index contributed by atoms with van der Waals surface area (Å²) in [6.07, 6.45) is 0.953. The van der Waals surface area contributed by atoms with Gasteiger partial charge in [0.15, 0.2) is 0 Å². The number of hydrogen-bond acceptors (Lipinski definition) is 6. The molecule has 2 atom stereocenters. The highest BCUT2D eigenvalue weighted by Gasteiger charge is 2.35. The molecule has 2 heterocycles. The Balaban J connectivity index is 1.66. The molecule has 0 aliphatic carbocycles. The molecular formula is C19H27N3O3. The van der Waals surface area contributed by atoms with Gasteiger partial charge in [-0.05, 0) is 56.6 Å². The van der Waals surface area contributed by atoms with Crippen LogP contribution in [0.25, 0.3) is 11.4 Å². The van der Waals surface area contributed by atoms with Crippen molar-refractivity contribution in [3.63, 3.8) is 0 Å². The van der Waals surface area contributed by atoms with Crippen molar-refractivity contribution in [1.82, 2.24) is 15.0 Å². The fourth-order valence-corrected chi connectivity index (χ4v) is 3.06. The van der Waals surface area contributed by atoms with Crippen molar-refractivity contribution >= 4 is 0 Å². The van der Waals surface area contributed by atoms with Crippen LogP contribution in [-0.2, 0) is 4.74 Å². The summed E-state index contributed by atoms with van der Waals surface area (Å²) in [5, 5.41) is 4.13. The minimum atomic E-state index is -0.0881. The molecule has 1 aliphatic rings. The topological polar surface area (TPSA) is 60.6 Å². The number of likely N-dealkylation sites (N-methyl/N-ethyl adjacent to an activating group) is 1. The normalized spacial score (nSPS) is 20.6. The molecule has 3 rings (SSSR count). The summed E-state index contributed by atoms with van der Waals surface area (Å²) >= 11 is 0. The number of nitrogens with zero attached hydrogens (tertiary/aromatic N) is 3. The smallest absolute Gasteiger partial charge is 0.256 e. The van der Waals surface area contributed by atoms with E-state index in [0.717, 1.165) is 30.9 Å². The molecule has 1 aliphatic heterocycles. The molecule has 0 unspecified atom stereocenters. The van der Waals surface area contributed by atoms with Crippen LogP contribution in [-0.4, -0.2) is 48.9 Å². The van der Waals surface area contributed by atoms with Crippen molar-refractivity contribution in [2.45, 2.75) is 26.4 Å². The van der Waals surface area contributed by atoms with E-state index in [1.807, 2.05) is 38.4 Å². The van der Waals surface area contributed by atoms with E-state index >= 15 is 0 Å². The third-order valence-electron chi connectivity index (χ3n) is 4.60. The van der Waals surface area contributed by atoms with Crippen molar-refractivity contribution in [3.8, 4) is 17.1 Å². The average Bonchev–Trinajstić information content (AvgIpc) is 3.24. The molecule has 2 aromatic rings. The van der Waals surface area contributed by atoms with Crippen LogP contribution in [0.5, 0.6) is 5.75 Å². The summed E-state index contributed by atoms with van der Waals surface area (Å²) < 4.78 is 17.0. The average molecular weight is 345 g/mol. The van der Waals surface area contributed by atoms with Crippen molar-refractivity contribution in [2.24, 2.45) is 11.8 Å². The van der Waals surface area contributed by atoms with Gasteiger partial charge in [0.2, 0.25) is 5.82 Å². The van der Waals surface area contributed by atoms with Crippen molar-refractivity contribution < 1.29 is 14.0 Å². The molecule has 0 spiro atoms. The second kappa shape index (κ2) is 7.97. The fraction of sp³-hybridized carbons (Fsp3) is 0.579. The van der Waals surface area contributed by atoms with E-state index < -0.39 is 0 Å². The van der Waals surface area contributed by atoms with Gasteiger partial charge in [-0.1, -0.05) is 19.0 Å². The molecule has 0 bridgehead atoms. The first-order valence-electron chi connectivity index (χ1n) is 8.88. The molecule has 1 saturated heterocycles. The number of benzene rings is 1. The zero-order valence-electron chi connectivity index (χ0n) is 15.4. The van der Waals surface area contributed by atoms with Crippen molar-refractivity contribution in [2.75, 3.05) is 33.9 Å². The summed E-state index contributed by atoms with van der Waals surface area (Å²) in [4.78, 5) is 6.65. The van der Waals surface area contributed by atoms with Gasteiger partial charge in [0.1, 0.15) is 18.5 Å². The Morgan fingerprint density at radius 3 is 2.68 bits per heavy atom. The maximum absolute atomic E-state index is 5.82. The number of ether oxygens (including phenoxy) is 2. The lowest BCUT2D eigenvalue weighted by atomic mass is 9.89. The maximum Gasteiger partial charge on any atom is 0.256 e. The van der Waals surface area contributed by atoms with E-state index in [-0.39, 0.29) is 6.10 Å². The quantitative estimate of drug-likeness (QED) is 0.766. The summed E-state index contributed by atoms with van der Waals surface area (Å²) in [7, 11) is 4.05. The molecule has 1 fully saturated rings. The molecule has 0 amide bonds. The SMILES string of the molecule is CC(C)[C@@H]1CCO[C@@H]1c1nc(-c2ccc(OCCN(C)C)cc2)no1. The Morgan fingerprint density at radius 1 is 1.24 bits per heavy atom. The second-order valence-electron chi connectivity index (χ2n) is 7.12. The molecule has 1 aromatic carbocycles. The number of rotatable bonds is 7. The number of aromatic nitrogens is 2. The molecule has 25 heavy (non-hydrogen) atoms. The minimum absolute atomic E-state index is 0.0881. The third-order valence-corrected chi connectivity index (χ3v) is 4.60. The lowest BCUT2D eigenvalue weighted by Gasteiger charge is -2.18. The molecule has 136 valence electrons. The van der Waals surface area contributed by atoms with Gasteiger partial charge in [-0.2, -0.15) is 4.98 Å². The third kappa shape index (κ3) is 4.38. The summed E-state index contributed by atoms with van der Waals surface area (Å²) in [5.41, 5.74) is 0.911. The monoisotopic (exact) mass is 345 g/mol. The van der Waals surface area contributed by atoms with Crippen LogP contribution in [0, 0.1) is 11.8 Å². The predicted octanol–water partition coefficient (Wildman–Crippen LogP) is 3.41. The van der Waals surface area contributed by atoms with Crippen LogP contribution in [0.3, 0.4) is 0 Å². The highest BCUT2D eigenvalue weighted by Crippen LogP contribution is 2.38. The molecule has 0 radical (unpaired) electrons. The zero-order chi connectivity index (χ0) is 17.8. The zero-order valence-corrected chi connectivity index (χ0v) is 15.4. The lowest BCUT2D eigenvalue weighted by Crippen LogP contribution is -2.19. The van der Waals surface area contributed by atoms with Crippen LogP contribution in [0.15, 0.2) is 28.8 Å². The van der Waals surface area contributed by atoms with Crippen molar-refractivity contribution in [1.29, 1.82) is 0 Å². The van der Waals surface area contributed by atoms with Gasteiger partial charge in [0.05, 0.1) is 0 Å². The molecule has 0 N–H and O–H groups in total. The highest BCUT2D eigenvalue weighted by atomic mass is 16.5. The standard InChI is InChI=1S/C19H27N3O3/c1-13(2)16-9-11-24-17(16)19-20-18(21-25-19)14-5-7-15(8-6-14)23-12-10-22(3)4/h5-8,13,16-17H,9-12H2,1-4H3/t16-,17-/m0/s1. The summed E-state index contributed by atoms with van der Waals surface area (Å²) in [6.45, 7) is 6.71. The molecule has 1 aromatic heterocycles. The summed E-state index contributed by atoms with van der Waals surface area (Å²) in [5.74, 6) is 2.97. The Bertz CT molecular complexity index is 667. The Morgan fingerprint density at radius 2 is 2.00 bits per heavy atom. The Hall–Kier alpha value is -1.92. The minimum Gasteiger partial charge on any atom is -0.492 e. The van der Waals surface area contributed by atoms with Gasteiger partial charge in [-0.3, -0.25) is 0 Å². The van der Waals surface area contributed by atoms with E-state index in [4.69, 9.17) is 14.0 Å². The van der Waals surface area contributed by atoms with E-state index in [0.29, 0.717) is 30.2 Å². The highest BCUT2D eigenvalue weighted by molar-refractivity contribution is 5.55. The van der Waals surface area contributed by atoms with E-state index in [1.54, 1.807) is 0 Å². The van der Waals surface area contributed by atoms with Crippen LogP contribution in [0.2, 0.25) is 0 Å². The maximum atomic E-state index is 5.82. The first-order chi connectivity index (χ1) is 12.0. The van der Waals surface area contributed by atoms with Crippen molar-refractivity contribution in [3.05, 3.63) is 30.2 Å². The number of hydrogen-bond donors (Lipinski definition) is 0. The molecule has 6 heteroatoms.